The van der Waals surface area contributed by atoms with Gasteiger partial charge in [-0.3, -0.25) is 9.59 Å². The molecule has 0 spiro atoms. The molecule has 7 heteroatoms. The molecule has 0 aliphatic rings. The number of halogens is 1. The maximum Gasteiger partial charge on any atom is 0.309 e. The second kappa shape index (κ2) is 9.70. The number of aromatic nitrogens is 2. The summed E-state index contributed by atoms with van der Waals surface area (Å²) in [6, 6.07) is 20.9. The van der Waals surface area contributed by atoms with Crippen LogP contribution in [0.25, 0.3) is 28.1 Å². The van der Waals surface area contributed by atoms with Crippen molar-refractivity contribution in [2.24, 2.45) is 0 Å². The molecule has 0 saturated heterocycles. The van der Waals surface area contributed by atoms with E-state index in [0.717, 1.165) is 16.7 Å². The van der Waals surface area contributed by atoms with Gasteiger partial charge in [-0.2, -0.15) is 9.78 Å². The summed E-state index contributed by atoms with van der Waals surface area (Å²) in [5.74, 6) is -0.870. The van der Waals surface area contributed by atoms with Crippen molar-refractivity contribution in [3.8, 4) is 34.0 Å². The van der Waals surface area contributed by atoms with Gasteiger partial charge in [-0.15, -0.1) is 0 Å². The molecule has 0 saturated carbocycles. The standard InChI is InChI=1S/C27H24FN3O3/c1-4-24(33)29-22-13-11-19(12-14-22)25-26(20-8-5-7-17(2)15-20)30-31(27(25)34-18(3)32)23-10-6-9-21(28)16-23/h5-16H,4H2,1-3H3,(H,29,33). The van der Waals surface area contributed by atoms with Gasteiger partial charge >= 0.3 is 5.97 Å². The summed E-state index contributed by atoms with van der Waals surface area (Å²) in [5, 5.41) is 7.57. The van der Waals surface area contributed by atoms with E-state index in [0.29, 0.717) is 29.1 Å². The van der Waals surface area contributed by atoms with Gasteiger partial charge in [-0.1, -0.05) is 48.9 Å². The number of hydrogen-bond donors (Lipinski definition) is 1. The Morgan fingerprint density at radius 2 is 1.74 bits per heavy atom. The van der Waals surface area contributed by atoms with E-state index >= 15 is 0 Å². The van der Waals surface area contributed by atoms with Crippen molar-refractivity contribution >= 4 is 17.6 Å². The van der Waals surface area contributed by atoms with Crippen molar-refractivity contribution in [3.05, 3.63) is 84.2 Å². The topological polar surface area (TPSA) is 73.2 Å². The average Bonchev–Trinajstić information content (AvgIpc) is 3.18. The van der Waals surface area contributed by atoms with Crippen molar-refractivity contribution in [3.63, 3.8) is 0 Å². The highest BCUT2D eigenvalue weighted by molar-refractivity contribution is 5.92. The van der Waals surface area contributed by atoms with Gasteiger partial charge in [0, 0.05) is 24.6 Å². The van der Waals surface area contributed by atoms with Crippen molar-refractivity contribution < 1.29 is 18.7 Å². The SMILES string of the molecule is CCC(=O)Nc1ccc(-c2c(-c3cccc(C)c3)nn(-c3cccc(F)c3)c2OC(C)=O)cc1. The van der Waals surface area contributed by atoms with E-state index < -0.39 is 11.8 Å². The Morgan fingerprint density at radius 1 is 1.00 bits per heavy atom. The monoisotopic (exact) mass is 457 g/mol. The molecule has 0 fully saturated rings. The molecular weight excluding hydrogens is 433 g/mol. The summed E-state index contributed by atoms with van der Waals surface area (Å²) in [7, 11) is 0. The summed E-state index contributed by atoms with van der Waals surface area (Å²) in [5.41, 5.74) is 4.82. The van der Waals surface area contributed by atoms with Crippen molar-refractivity contribution in [2.75, 3.05) is 5.32 Å². The molecule has 0 aliphatic heterocycles. The van der Waals surface area contributed by atoms with E-state index in [2.05, 4.69) is 5.32 Å². The zero-order valence-corrected chi connectivity index (χ0v) is 19.1. The number of carbonyl (C=O) groups is 2. The summed E-state index contributed by atoms with van der Waals surface area (Å²) in [6.45, 7) is 5.07. The lowest BCUT2D eigenvalue weighted by molar-refractivity contribution is -0.132. The predicted molar refractivity (Wildman–Crippen MR) is 129 cm³/mol. The maximum absolute atomic E-state index is 14.0. The Labute approximate surface area is 197 Å². The largest absolute Gasteiger partial charge is 0.407 e. The molecule has 3 aromatic carbocycles. The fourth-order valence-electron chi connectivity index (χ4n) is 3.64. The van der Waals surface area contributed by atoms with E-state index in [4.69, 9.17) is 9.84 Å². The van der Waals surface area contributed by atoms with Gasteiger partial charge < -0.3 is 10.1 Å². The highest BCUT2D eigenvalue weighted by Crippen LogP contribution is 2.41. The van der Waals surface area contributed by atoms with Gasteiger partial charge in [0.15, 0.2) is 0 Å². The molecule has 1 amide bonds. The molecule has 6 nitrogen and oxygen atoms in total. The van der Waals surface area contributed by atoms with Crippen LogP contribution < -0.4 is 10.1 Å². The molecule has 4 aromatic rings. The molecule has 0 radical (unpaired) electrons. The molecule has 0 bridgehead atoms. The van der Waals surface area contributed by atoms with E-state index in [1.54, 1.807) is 31.2 Å². The Morgan fingerprint density at radius 3 is 2.38 bits per heavy atom. The molecule has 1 N–H and O–H groups in total. The minimum atomic E-state index is -0.526. The molecule has 4 rings (SSSR count). The second-order valence-electron chi connectivity index (χ2n) is 7.86. The summed E-state index contributed by atoms with van der Waals surface area (Å²) in [6.07, 6.45) is 0.371. The quantitative estimate of drug-likeness (QED) is 0.364. The number of aryl methyl sites for hydroxylation is 1. The van der Waals surface area contributed by atoms with Gasteiger partial charge in [-0.05, 0) is 48.9 Å². The van der Waals surface area contributed by atoms with Gasteiger partial charge in [0.1, 0.15) is 11.5 Å². The minimum absolute atomic E-state index is 0.0901. The number of nitrogens with zero attached hydrogens (tertiary/aromatic N) is 2. The first-order chi connectivity index (χ1) is 16.4. The fourth-order valence-corrected chi connectivity index (χ4v) is 3.64. The van der Waals surface area contributed by atoms with Gasteiger partial charge in [0.05, 0.1) is 11.3 Å². The lowest BCUT2D eigenvalue weighted by Crippen LogP contribution is -2.09. The van der Waals surface area contributed by atoms with Gasteiger partial charge in [-0.25, -0.2) is 4.39 Å². The third-order valence-corrected chi connectivity index (χ3v) is 5.21. The van der Waals surface area contributed by atoms with Crippen LogP contribution in [-0.4, -0.2) is 21.7 Å². The number of anilines is 1. The smallest absolute Gasteiger partial charge is 0.309 e. The molecule has 0 unspecified atom stereocenters. The summed E-state index contributed by atoms with van der Waals surface area (Å²) in [4.78, 5) is 23.8. The Bertz CT molecular complexity index is 1360. The molecule has 172 valence electrons. The Hall–Kier alpha value is -4.26. The molecule has 1 heterocycles. The van der Waals surface area contributed by atoms with E-state index in [1.807, 2.05) is 43.3 Å². The van der Waals surface area contributed by atoms with Crippen LogP contribution in [0.4, 0.5) is 10.1 Å². The first kappa shape index (κ1) is 22.9. The Kier molecular flexibility index (Phi) is 6.54. The number of hydrogen-bond acceptors (Lipinski definition) is 4. The Balaban J connectivity index is 1.95. The number of nitrogens with one attached hydrogen (secondary N) is 1. The van der Waals surface area contributed by atoms with E-state index in [9.17, 15) is 14.0 Å². The first-order valence-electron chi connectivity index (χ1n) is 10.9. The van der Waals surface area contributed by atoms with Crippen LogP contribution in [0.1, 0.15) is 25.8 Å². The maximum atomic E-state index is 14.0. The molecule has 0 atom stereocenters. The van der Waals surface area contributed by atoms with Crippen LogP contribution in [0.15, 0.2) is 72.8 Å². The van der Waals surface area contributed by atoms with Crippen LogP contribution in [0.3, 0.4) is 0 Å². The third kappa shape index (κ3) is 4.88. The number of carbonyl (C=O) groups excluding carboxylic acids is 2. The fraction of sp³-hybridized carbons (Fsp3) is 0.148. The lowest BCUT2D eigenvalue weighted by Gasteiger charge is -2.10. The highest BCUT2D eigenvalue weighted by atomic mass is 19.1. The van der Waals surface area contributed by atoms with Crippen molar-refractivity contribution in [1.82, 2.24) is 9.78 Å². The van der Waals surface area contributed by atoms with Crippen LogP contribution in [-0.2, 0) is 9.59 Å². The summed E-state index contributed by atoms with van der Waals surface area (Å²) >= 11 is 0. The first-order valence-corrected chi connectivity index (χ1v) is 10.9. The number of ether oxygens (including phenoxy) is 1. The summed E-state index contributed by atoms with van der Waals surface area (Å²) < 4.78 is 21.1. The minimum Gasteiger partial charge on any atom is -0.407 e. The molecular formula is C27H24FN3O3. The zero-order valence-electron chi connectivity index (χ0n) is 19.1. The number of amides is 1. The van der Waals surface area contributed by atoms with Gasteiger partial charge in [0.2, 0.25) is 11.8 Å². The van der Waals surface area contributed by atoms with Crippen LogP contribution in [0.5, 0.6) is 5.88 Å². The molecule has 1 aromatic heterocycles. The molecule has 34 heavy (non-hydrogen) atoms. The number of rotatable bonds is 6. The molecule has 0 aliphatic carbocycles. The number of esters is 1. The second-order valence-corrected chi connectivity index (χ2v) is 7.86. The lowest BCUT2D eigenvalue weighted by atomic mass is 10.00. The highest BCUT2D eigenvalue weighted by Gasteiger charge is 2.25. The number of benzene rings is 3. The van der Waals surface area contributed by atoms with E-state index in [-0.39, 0.29) is 11.8 Å². The van der Waals surface area contributed by atoms with E-state index in [1.165, 1.54) is 23.7 Å². The van der Waals surface area contributed by atoms with Crippen molar-refractivity contribution in [2.45, 2.75) is 27.2 Å². The normalized spacial score (nSPS) is 10.7. The third-order valence-electron chi connectivity index (χ3n) is 5.21. The average molecular weight is 458 g/mol. The van der Waals surface area contributed by atoms with Crippen LogP contribution in [0, 0.1) is 12.7 Å². The zero-order chi connectivity index (χ0) is 24.2. The van der Waals surface area contributed by atoms with Crippen molar-refractivity contribution in [1.29, 1.82) is 0 Å². The van der Waals surface area contributed by atoms with Crippen LogP contribution >= 0.6 is 0 Å². The predicted octanol–water partition coefficient (Wildman–Crippen LogP) is 5.93. The van der Waals surface area contributed by atoms with Crippen LogP contribution in [0.2, 0.25) is 0 Å². The van der Waals surface area contributed by atoms with Gasteiger partial charge in [0.25, 0.3) is 0 Å².